The Labute approximate surface area is 121 Å². The molecule has 0 aliphatic heterocycles. The van der Waals surface area contributed by atoms with Crippen molar-refractivity contribution in [2.45, 2.75) is 40.2 Å². The Morgan fingerprint density at radius 1 is 1.50 bits per heavy atom. The van der Waals surface area contributed by atoms with Gasteiger partial charge in [-0.15, -0.1) is 16.4 Å². The molecule has 0 aliphatic rings. The van der Waals surface area contributed by atoms with Crippen LogP contribution in [-0.2, 0) is 17.8 Å². The highest BCUT2D eigenvalue weighted by Gasteiger charge is 2.33. The number of aromatic nitrogens is 4. The smallest absolute Gasteiger partial charge is 0.311 e. The molecule has 0 amide bonds. The van der Waals surface area contributed by atoms with E-state index in [0.717, 1.165) is 11.3 Å². The highest BCUT2D eigenvalue weighted by atomic mass is 32.1. The number of hydrogen-bond donors (Lipinski definition) is 1. The number of nitrogens with zero attached hydrogens (tertiary/aromatic N) is 4. The molecule has 0 aromatic carbocycles. The maximum absolute atomic E-state index is 11.4. The summed E-state index contributed by atoms with van der Waals surface area (Å²) in [5, 5.41) is 23.1. The number of rotatable bonds is 6. The van der Waals surface area contributed by atoms with Crippen molar-refractivity contribution in [3.8, 4) is 10.7 Å². The van der Waals surface area contributed by atoms with E-state index in [9.17, 15) is 9.90 Å². The Morgan fingerprint density at radius 2 is 2.25 bits per heavy atom. The van der Waals surface area contributed by atoms with E-state index in [1.807, 2.05) is 12.3 Å². The fraction of sp³-hybridized carbons (Fsp3) is 0.538. The van der Waals surface area contributed by atoms with Gasteiger partial charge < -0.3 is 5.11 Å². The van der Waals surface area contributed by atoms with Crippen LogP contribution in [0.1, 0.15) is 32.8 Å². The van der Waals surface area contributed by atoms with Gasteiger partial charge in [-0.05, 0) is 47.2 Å². The third-order valence-corrected chi connectivity index (χ3v) is 4.61. The van der Waals surface area contributed by atoms with Gasteiger partial charge in [0.15, 0.2) is 5.82 Å². The van der Waals surface area contributed by atoms with Crippen LogP contribution in [0.15, 0.2) is 11.4 Å². The lowest BCUT2D eigenvalue weighted by atomic mass is 9.88. The van der Waals surface area contributed by atoms with Gasteiger partial charge in [-0.25, -0.2) is 4.68 Å². The molecule has 1 atom stereocenters. The number of carboxylic acid groups (broad SMARTS) is 1. The first-order chi connectivity index (χ1) is 9.51. The van der Waals surface area contributed by atoms with Crippen LogP contribution in [0.3, 0.4) is 0 Å². The summed E-state index contributed by atoms with van der Waals surface area (Å²) in [5.74, 6) is -0.180. The molecule has 0 saturated heterocycles. The molecule has 1 unspecified atom stereocenters. The molecule has 2 heterocycles. The van der Waals surface area contributed by atoms with Crippen LogP contribution in [-0.4, -0.2) is 31.3 Å². The van der Waals surface area contributed by atoms with Crippen molar-refractivity contribution in [3.63, 3.8) is 0 Å². The lowest BCUT2D eigenvalue weighted by molar-refractivity contribution is -0.149. The number of thiophene rings is 1. The molecule has 2 aromatic heterocycles. The average Bonchev–Trinajstić information content (AvgIpc) is 3.05. The van der Waals surface area contributed by atoms with Gasteiger partial charge in [-0.2, -0.15) is 0 Å². The van der Waals surface area contributed by atoms with Crippen molar-refractivity contribution in [2.75, 3.05) is 0 Å². The number of tetrazole rings is 1. The summed E-state index contributed by atoms with van der Waals surface area (Å²) >= 11 is 1.58. The molecule has 1 N–H and O–H groups in total. The maximum atomic E-state index is 11.4. The molecule has 0 spiro atoms. The van der Waals surface area contributed by atoms with Crippen LogP contribution >= 0.6 is 11.3 Å². The molecule has 0 fully saturated rings. The highest BCUT2D eigenvalue weighted by Crippen LogP contribution is 2.30. The summed E-state index contributed by atoms with van der Waals surface area (Å²) in [5.41, 5.74) is 0.313. The van der Waals surface area contributed by atoms with Gasteiger partial charge in [0.2, 0.25) is 0 Å². The van der Waals surface area contributed by atoms with E-state index in [2.05, 4.69) is 28.5 Å². The molecule has 0 aliphatic carbocycles. The minimum Gasteiger partial charge on any atom is -0.481 e. The van der Waals surface area contributed by atoms with Crippen LogP contribution in [0, 0.1) is 5.41 Å². The van der Waals surface area contributed by atoms with Crippen molar-refractivity contribution in [1.82, 2.24) is 20.2 Å². The quantitative estimate of drug-likeness (QED) is 0.885. The van der Waals surface area contributed by atoms with E-state index in [1.165, 1.54) is 5.56 Å². The van der Waals surface area contributed by atoms with E-state index < -0.39 is 11.4 Å². The van der Waals surface area contributed by atoms with E-state index in [1.54, 1.807) is 22.9 Å². The summed E-state index contributed by atoms with van der Waals surface area (Å²) in [6.07, 6.45) is 1.42. The van der Waals surface area contributed by atoms with E-state index >= 15 is 0 Å². The van der Waals surface area contributed by atoms with Crippen LogP contribution in [0.5, 0.6) is 0 Å². The predicted molar refractivity (Wildman–Crippen MR) is 76.5 cm³/mol. The number of aryl methyl sites for hydroxylation is 1. The lowest BCUT2D eigenvalue weighted by Crippen LogP contribution is -2.32. The zero-order valence-corrected chi connectivity index (χ0v) is 12.6. The van der Waals surface area contributed by atoms with Crippen LogP contribution in [0.25, 0.3) is 10.7 Å². The monoisotopic (exact) mass is 294 g/mol. The lowest BCUT2D eigenvalue weighted by Gasteiger charge is -2.22. The van der Waals surface area contributed by atoms with Gasteiger partial charge in [0.05, 0.1) is 16.8 Å². The Bertz CT molecular complexity index is 607. The van der Waals surface area contributed by atoms with Gasteiger partial charge in [0.25, 0.3) is 0 Å². The third-order valence-electron chi connectivity index (χ3n) is 3.66. The van der Waals surface area contributed by atoms with Gasteiger partial charge in [-0.1, -0.05) is 13.8 Å². The molecule has 20 heavy (non-hydrogen) atoms. The first kappa shape index (κ1) is 14.6. The van der Waals surface area contributed by atoms with Crippen molar-refractivity contribution in [1.29, 1.82) is 0 Å². The molecule has 6 nitrogen and oxygen atoms in total. The van der Waals surface area contributed by atoms with E-state index in [4.69, 9.17) is 0 Å². The van der Waals surface area contributed by atoms with E-state index in [0.29, 0.717) is 12.2 Å². The van der Waals surface area contributed by atoms with Crippen LogP contribution in [0.4, 0.5) is 0 Å². The fourth-order valence-corrected chi connectivity index (χ4v) is 2.93. The van der Waals surface area contributed by atoms with Gasteiger partial charge in [0.1, 0.15) is 0 Å². The summed E-state index contributed by atoms with van der Waals surface area (Å²) < 4.78 is 1.60. The predicted octanol–water partition coefficient (Wildman–Crippen LogP) is 2.46. The van der Waals surface area contributed by atoms with E-state index in [-0.39, 0.29) is 6.54 Å². The Balaban J connectivity index is 2.37. The number of aliphatic carboxylic acids is 1. The highest BCUT2D eigenvalue weighted by molar-refractivity contribution is 7.13. The fourth-order valence-electron chi connectivity index (χ4n) is 1.95. The largest absolute Gasteiger partial charge is 0.481 e. The van der Waals surface area contributed by atoms with Crippen molar-refractivity contribution < 1.29 is 9.90 Å². The van der Waals surface area contributed by atoms with Gasteiger partial charge >= 0.3 is 5.97 Å². The Hall–Kier alpha value is -1.76. The van der Waals surface area contributed by atoms with Crippen LogP contribution < -0.4 is 0 Å². The summed E-state index contributed by atoms with van der Waals surface area (Å²) in [6.45, 7) is 5.92. The first-order valence-corrected chi connectivity index (χ1v) is 7.46. The number of carbonyl (C=O) groups is 1. The molecule has 2 aromatic rings. The zero-order chi connectivity index (χ0) is 14.8. The molecule has 0 radical (unpaired) electrons. The SMILES string of the molecule is CCc1ccsc1-c1nnnn1CC(C)(CC)C(=O)O. The second kappa shape index (κ2) is 5.70. The molecule has 0 bridgehead atoms. The average molecular weight is 294 g/mol. The second-order valence-electron chi connectivity index (χ2n) is 5.01. The van der Waals surface area contributed by atoms with Gasteiger partial charge in [0, 0.05) is 0 Å². The summed E-state index contributed by atoms with van der Waals surface area (Å²) in [7, 11) is 0. The molecule has 7 heteroatoms. The van der Waals surface area contributed by atoms with Crippen molar-refractivity contribution in [3.05, 3.63) is 17.0 Å². The minimum atomic E-state index is -0.867. The third kappa shape index (κ3) is 2.58. The Kier molecular flexibility index (Phi) is 4.17. The topological polar surface area (TPSA) is 80.9 Å². The molecular formula is C13H18N4O2S. The summed E-state index contributed by atoms with van der Waals surface area (Å²) in [4.78, 5) is 12.4. The second-order valence-corrected chi connectivity index (χ2v) is 5.92. The van der Waals surface area contributed by atoms with Crippen molar-refractivity contribution >= 4 is 17.3 Å². The van der Waals surface area contributed by atoms with Gasteiger partial charge in [-0.3, -0.25) is 4.79 Å². The van der Waals surface area contributed by atoms with Crippen molar-refractivity contribution in [2.24, 2.45) is 5.41 Å². The van der Waals surface area contributed by atoms with Crippen LogP contribution in [0.2, 0.25) is 0 Å². The maximum Gasteiger partial charge on any atom is 0.311 e. The Morgan fingerprint density at radius 3 is 2.85 bits per heavy atom. The molecular weight excluding hydrogens is 276 g/mol. The molecule has 2 rings (SSSR count). The molecule has 108 valence electrons. The summed E-state index contributed by atoms with van der Waals surface area (Å²) in [6, 6.07) is 2.05. The zero-order valence-electron chi connectivity index (χ0n) is 11.8. The molecule has 0 saturated carbocycles. The first-order valence-electron chi connectivity index (χ1n) is 6.58. The standard InChI is InChI=1S/C13H18N4O2S/c1-4-9-6-7-20-10(9)11-14-15-16-17(11)8-13(3,5-2)12(18)19/h6-7H,4-5,8H2,1-3H3,(H,18,19). The number of hydrogen-bond acceptors (Lipinski definition) is 5. The minimum absolute atomic E-state index is 0.266. The normalized spacial score (nSPS) is 14.2. The number of carboxylic acids is 1.